The standard InChI is InChI=1S/C18H19F3N2O2/c19-18(20,21)16-8-7-15(11-23-16)25-14-5-3-12(4-6-14)17(24)13-2-1-9-22-10-13/h1-2,7-12,14,17,24H,3-6H2. The van der Waals surface area contributed by atoms with Crippen LogP contribution in [0.3, 0.4) is 0 Å². The van der Waals surface area contributed by atoms with Crippen LogP contribution in [0.2, 0.25) is 0 Å². The number of pyridine rings is 2. The summed E-state index contributed by atoms with van der Waals surface area (Å²) in [6.45, 7) is 0. The summed E-state index contributed by atoms with van der Waals surface area (Å²) in [6.07, 6.45) is 2.42. The van der Waals surface area contributed by atoms with E-state index >= 15 is 0 Å². The van der Waals surface area contributed by atoms with Crippen molar-refractivity contribution >= 4 is 0 Å². The molecule has 1 N–H and O–H groups in total. The van der Waals surface area contributed by atoms with Gasteiger partial charge in [0.15, 0.2) is 0 Å². The average molecular weight is 352 g/mol. The van der Waals surface area contributed by atoms with Crippen LogP contribution < -0.4 is 4.74 Å². The lowest BCUT2D eigenvalue weighted by molar-refractivity contribution is -0.141. The van der Waals surface area contributed by atoms with Crippen molar-refractivity contribution in [2.45, 2.75) is 44.1 Å². The third kappa shape index (κ3) is 4.48. The second kappa shape index (κ2) is 7.39. The smallest absolute Gasteiger partial charge is 0.433 e. The zero-order chi connectivity index (χ0) is 17.9. The fraction of sp³-hybridized carbons (Fsp3) is 0.444. The number of rotatable bonds is 4. The first-order valence-corrected chi connectivity index (χ1v) is 8.21. The van der Waals surface area contributed by atoms with Crippen LogP contribution in [0.1, 0.15) is 43.0 Å². The van der Waals surface area contributed by atoms with E-state index in [4.69, 9.17) is 4.74 Å². The Kier molecular flexibility index (Phi) is 5.22. The van der Waals surface area contributed by atoms with Crippen LogP contribution in [0.25, 0.3) is 0 Å². The molecule has 0 aromatic carbocycles. The third-order valence-electron chi connectivity index (χ3n) is 4.52. The minimum Gasteiger partial charge on any atom is -0.489 e. The minimum absolute atomic E-state index is 0.0733. The second-order valence-electron chi connectivity index (χ2n) is 6.26. The van der Waals surface area contributed by atoms with Gasteiger partial charge in [0.25, 0.3) is 0 Å². The highest BCUT2D eigenvalue weighted by molar-refractivity contribution is 5.21. The number of hydrogen-bond donors (Lipinski definition) is 1. The first kappa shape index (κ1) is 17.7. The van der Waals surface area contributed by atoms with Gasteiger partial charge in [0.1, 0.15) is 11.4 Å². The maximum atomic E-state index is 12.5. The van der Waals surface area contributed by atoms with Gasteiger partial charge in [-0.25, -0.2) is 4.98 Å². The van der Waals surface area contributed by atoms with Crippen LogP contribution in [0.15, 0.2) is 42.9 Å². The van der Waals surface area contributed by atoms with E-state index in [1.165, 1.54) is 6.07 Å². The number of halogens is 3. The molecule has 0 amide bonds. The fourth-order valence-electron chi connectivity index (χ4n) is 3.16. The van der Waals surface area contributed by atoms with E-state index in [-0.39, 0.29) is 12.0 Å². The Morgan fingerprint density at radius 2 is 1.84 bits per heavy atom. The van der Waals surface area contributed by atoms with Crippen molar-refractivity contribution in [1.82, 2.24) is 9.97 Å². The van der Waals surface area contributed by atoms with Crippen molar-refractivity contribution in [1.29, 1.82) is 0 Å². The number of nitrogens with zero attached hydrogens (tertiary/aromatic N) is 2. The number of aliphatic hydroxyl groups is 1. The van der Waals surface area contributed by atoms with E-state index in [1.807, 2.05) is 6.07 Å². The molecule has 1 atom stereocenters. The molecule has 25 heavy (non-hydrogen) atoms. The van der Waals surface area contributed by atoms with Crippen LogP contribution in [0.4, 0.5) is 13.2 Å². The highest BCUT2D eigenvalue weighted by Crippen LogP contribution is 2.36. The first-order chi connectivity index (χ1) is 11.9. The topological polar surface area (TPSA) is 55.2 Å². The Hall–Kier alpha value is -2.15. The van der Waals surface area contributed by atoms with Gasteiger partial charge in [-0.05, 0) is 55.4 Å². The van der Waals surface area contributed by atoms with Crippen molar-refractivity contribution < 1.29 is 23.0 Å². The van der Waals surface area contributed by atoms with Gasteiger partial charge in [-0.15, -0.1) is 0 Å². The van der Waals surface area contributed by atoms with Gasteiger partial charge in [-0.2, -0.15) is 13.2 Å². The molecule has 7 heteroatoms. The molecule has 0 bridgehead atoms. The maximum absolute atomic E-state index is 12.5. The summed E-state index contributed by atoms with van der Waals surface area (Å²) < 4.78 is 43.2. The average Bonchev–Trinajstić information content (AvgIpc) is 2.62. The number of aromatic nitrogens is 2. The van der Waals surface area contributed by atoms with E-state index < -0.39 is 18.0 Å². The molecular formula is C18H19F3N2O2. The molecule has 0 saturated heterocycles. The molecule has 1 fully saturated rings. The van der Waals surface area contributed by atoms with Crippen LogP contribution in [-0.2, 0) is 6.18 Å². The maximum Gasteiger partial charge on any atom is 0.433 e. The lowest BCUT2D eigenvalue weighted by atomic mass is 9.82. The zero-order valence-corrected chi connectivity index (χ0v) is 13.5. The van der Waals surface area contributed by atoms with E-state index in [0.717, 1.165) is 43.5 Å². The Labute approximate surface area is 143 Å². The van der Waals surface area contributed by atoms with Crippen LogP contribution in [0, 0.1) is 5.92 Å². The lowest BCUT2D eigenvalue weighted by Gasteiger charge is -2.31. The third-order valence-corrected chi connectivity index (χ3v) is 4.52. The minimum atomic E-state index is -4.45. The van der Waals surface area contributed by atoms with Gasteiger partial charge in [0.05, 0.1) is 18.4 Å². The number of ether oxygens (including phenoxy) is 1. The van der Waals surface area contributed by atoms with Gasteiger partial charge in [0, 0.05) is 12.4 Å². The number of aliphatic hydroxyl groups excluding tert-OH is 1. The van der Waals surface area contributed by atoms with Crippen LogP contribution in [-0.4, -0.2) is 21.2 Å². The molecule has 1 unspecified atom stereocenters. The van der Waals surface area contributed by atoms with Gasteiger partial charge in [-0.1, -0.05) is 6.07 Å². The van der Waals surface area contributed by atoms with E-state index in [9.17, 15) is 18.3 Å². The van der Waals surface area contributed by atoms with Crippen LogP contribution in [0.5, 0.6) is 5.75 Å². The second-order valence-corrected chi connectivity index (χ2v) is 6.26. The lowest BCUT2D eigenvalue weighted by Crippen LogP contribution is -2.27. The molecule has 2 heterocycles. The van der Waals surface area contributed by atoms with E-state index in [1.54, 1.807) is 18.5 Å². The molecule has 1 aliphatic carbocycles. The molecule has 0 radical (unpaired) electrons. The van der Waals surface area contributed by atoms with Gasteiger partial charge in [0.2, 0.25) is 0 Å². The van der Waals surface area contributed by atoms with E-state index in [0.29, 0.717) is 5.75 Å². The van der Waals surface area contributed by atoms with Gasteiger partial charge in [-0.3, -0.25) is 4.98 Å². The molecular weight excluding hydrogens is 333 g/mol. The predicted octanol–water partition coefficient (Wildman–Crippen LogP) is 4.17. The van der Waals surface area contributed by atoms with E-state index in [2.05, 4.69) is 9.97 Å². The van der Waals surface area contributed by atoms with Crippen molar-refractivity contribution in [3.05, 3.63) is 54.1 Å². The molecule has 1 saturated carbocycles. The molecule has 3 rings (SSSR count). The number of hydrogen-bond acceptors (Lipinski definition) is 4. The summed E-state index contributed by atoms with van der Waals surface area (Å²) in [5, 5.41) is 10.4. The largest absolute Gasteiger partial charge is 0.489 e. The van der Waals surface area contributed by atoms with Crippen molar-refractivity contribution in [3.63, 3.8) is 0 Å². The zero-order valence-electron chi connectivity index (χ0n) is 13.5. The van der Waals surface area contributed by atoms with Gasteiger partial charge >= 0.3 is 6.18 Å². The molecule has 0 spiro atoms. The van der Waals surface area contributed by atoms with Crippen molar-refractivity contribution in [2.24, 2.45) is 5.92 Å². The van der Waals surface area contributed by atoms with Gasteiger partial charge < -0.3 is 9.84 Å². The Morgan fingerprint density at radius 3 is 2.40 bits per heavy atom. The summed E-state index contributed by atoms with van der Waals surface area (Å²) in [6, 6.07) is 5.87. The summed E-state index contributed by atoms with van der Waals surface area (Å²) in [4.78, 5) is 7.43. The van der Waals surface area contributed by atoms with Crippen molar-refractivity contribution in [3.8, 4) is 5.75 Å². The SMILES string of the molecule is OC(c1cccnc1)C1CCC(Oc2ccc(C(F)(F)F)nc2)CC1. The fourth-order valence-corrected chi connectivity index (χ4v) is 3.16. The Bertz CT molecular complexity index is 669. The summed E-state index contributed by atoms with van der Waals surface area (Å²) >= 11 is 0. The first-order valence-electron chi connectivity index (χ1n) is 8.21. The molecule has 0 aliphatic heterocycles. The Balaban J connectivity index is 1.52. The highest BCUT2D eigenvalue weighted by atomic mass is 19.4. The van der Waals surface area contributed by atoms with Crippen LogP contribution >= 0.6 is 0 Å². The summed E-state index contributed by atoms with van der Waals surface area (Å²) in [7, 11) is 0. The van der Waals surface area contributed by atoms with Crippen molar-refractivity contribution in [2.75, 3.05) is 0 Å². The predicted molar refractivity (Wildman–Crippen MR) is 84.8 cm³/mol. The Morgan fingerprint density at radius 1 is 1.08 bits per heavy atom. The molecule has 1 aliphatic rings. The normalized spacial score (nSPS) is 22.4. The summed E-state index contributed by atoms with van der Waals surface area (Å²) in [5.41, 5.74) is -0.123. The molecule has 134 valence electrons. The monoisotopic (exact) mass is 352 g/mol. The molecule has 4 nitrogen and oxygen atoms in total. The quantitative estimate of drug-likeness (QED) is 0.897. The highest BCUT2D eigenvalue weighted by Gasteiger charge is 2.32. The number of alkyl halides is 3. The molecule has 2 aromatic rings. The summed E-state index contributed by atoms with van der Waals surface area (Å²) in [5.74, 6) is 0.471. The molecule has 2 aromatic heterocycles.